The van der Waals surface area contributed by atoms with Crippen LogP contribution in [0.2, 0.25) is 0 Å². The predicted octanol–water partition coefficient (Wildman–Crippen LogP) is 1.98. The third-order valence-corrected chi connectivity index (χ3v) is 4.21. The van der Waals surface area contributed by atoms with Gasteiger partial charge in [-0.2, -0.15) is 0 Å². The summed E-state index contributed by atoms with van der Waals surface area (Å²) < 4.78 is 5.20. The zero-order valence-corrected chi connectivity index (χ0v) is 13.1. The largest absolute Gasteiger partial charge is 0.481 e. The first-order chi connectivity index (χ1) is 11.5. The normalized spacial score (nSPS) is 20.2. The smallest absolute Gasteiger partial charge is 0.310 e. The second-order valence-corrected chi connectivity index (χ2v) is 5.81. The van der Waals surface area contributed by atoms with Gasteiger partial charge in [-0.25, -0.2) is 0 Å². The fourth-order valence-corrected chi connectivity index (χ4v) is 2.95. The number of para-hydroxylation sites is 2. The van der Waals surface area contributed by atoms with E-state index in [1.807, 2.05) is 0 Å². The number of nitrogens with one attached hydrogen (secondary N) is 1. The molecule has 1 aromatic carbocycles. The molecule has 1 aliphatic carbocycles. The number of nitrogens with zero attached hydrogens (tertiary/aromatic N) is 1. The molecule has 0 unspecified atom stereocenters. The first-order valence-electron chi connectivity index (χ1n) is 7.84. The van der Waals surface area contributed by atoms with Crippen LogP contribution in [0.4, 0.5) is 5.69 Å². The molecule has 0 spiro atoms. The van der Waals surface area contributed by atoms with Crippen LogP contribution in [-0.4, -0.2) is 35.1 Å². The highest BCUT2D eigenvalue weighted by Gasteiger charge is 2.30. The topological polar surface area (TPSA) is 119 Å². The molecule has 1 aromatic rings. The quantitative estimate of drug-likeness (QED) is 0.580. The molecule has 1 fully saturated rings. The Kier molecular flexibility index (Phi) is 6.11. The zero-order valence-electron chi connectivity index (χ0n) is 13.1. The van der Waals surface area contributed by atoms with E-state index in [0.717, 1.165) is 19.3 Å². The maximum Gasteiger partial charge on any atom is 0.310 e. The van der Waals surface area contributed by atoms with E-state index in [2.05, 4.69) is 5.32 Å². The van der Waals surface area contributed by atoms with Gasteiger partial charge in [-0.1, -0.05) is 25.0 Å². The fourth-order valence-electron chi connectivity index (χ4n) is 2.95. The molecule has 8 heteroatoms. The first kappa shape index (κ1) is 17.7. The fraction of sp³-hybridized carbons (Fsp3) is 0.500. The number of aliphatic carboxylic acids is 1. The third-order valence-electron chi connectivity index (χ3n) is 4.21. The number of benzene rings is 1. The summed E-state index contributed by atoms with van der Waals surface area (Å²) >= 11 is 0. The Labute approximate surface area is 139 Å². The van der Waals surface area contributed by atoms with Gasteiger partial charge < -0.3 is 15.2 Å². The van der Waals surface area contributed by atoms with Gasteiger partial charge in [-0.05, 0) is 24.8 Å². The van der Waals surface area contributed by atoms with E-state index in [-0.39, 0.29) is 30.5 Å². The van der Waals surface area contributed by atoms with Crippen molar-refractivity contribution in [3.05, 3.63) is 34.4 Å². The molecule has 1 amide bonds. The van der Waals surface area contributed by atoms with Crippen LogP contribution >= 0.6 is 0 Å². The minimum absolute atomic E-state index is 0.0266. The zero-order chi connectivity index (χ0) is 17.5. The highest BCUT2D eigenvalue weighted by molar-refractivity contribution is 5.78. The Balaban J connectivity index is 1.83. The number of rotatable bonds is 7. The van der Waals surface area contributed by atoms with Gasteiger partial charge in [0.2, 0.25) is 0 Å². The number of ether oxygens (including phenoxy) is 1. The van der Waals surface area contributed by atoms with Gasteiger partial charge in [-0.3, -0.25) is 19.7 Å². The molecular weight excluding hydrogens is 316 g/mol. The number of amides is 1. The van der Waals surface area contributed by atoms with Crippen LogP contribution in [-0.2, 0) is 9.59 Å². The van der Waals surface area contributed by atoms with Crippen molar-refractivity contribution in [3.63, 3.8) is 0 Å². The van der Waals surface area contributed by atoms with Gasteiger partial charge in [0, 0.05) is 12.6 Å². The number of nitro benzene ring substituents is 1. The number of hydrogen-bond acceptors (Lipinski definition) is 5. The predicted molar refractivity (Wildman–Crippen MR) is 84.7 cm³/mol. The minimum atomic E-state index is -0.829. The molecule has 130 valence electrons. The number of hydrogen-bond donors (Lipinski definition) is 2. The Bertz CT molecular complexity index is 618. The number of nitro groups is 1. The van der Waals surface area contributed by atoms with Crippen molar-refractivity contribution in [1.29, 1.82) is 0 Å². The highest BCUT2D eigenvalue weighted by Crippen LogP contribution is 2.29. The molecule has 0 aromatic heterocycles. The van der Waals surface area contributed by atoms with Crippen LogP contribution in [0.25, 0.3) is 0 Å². The molecule has 2 rings (SSSR count). The van der Waals surface area contributed by atoms with Crippen LogP contribution in [0.5, 0.6) is 5.75 Å². The number of carbonyl (C=O) groups is 2. The number of carboxylic acid groups (broad SMARTS) is 1. The second-order valence-electron chi connectivity index (χ2n) is 5.81. The van der Waals surface area contributed by atoms with Gasteiger partial charge in [-0.15, -0.1) is 0 Å². The van der Waals surface area contributed by atoms with Crippen molar-refractivity contribution in [2.45, 2.75) is 25.7 Å². The molecule has 0 bridgehead atoms. The summed E-state index contributed by atoms with van der Waals surface area (Å²) in [6, 6.07) is 5.82. The summed E-state index contributed by atoms with van der Waals surface area (Å²) in [5, 5.41) is 22.7. The van der Waals surface area contributed by atoms with Crippen LogP contribution in [0.1, 0.15) is 25.7 Å². The van der Waals surface area contributed by atoms with Crippen LogP contribution < -0.4 is 10.1 Å². The van der Waals surface area contributed by atoms with E-state index < -0.39 is 22.7 Å². The van der Waals surface area contributed by atoms with Crippen LogP contribution in [0.15, 0.2) is 24.3 Å². The molecule has 1 saturated carbocycles. The third kappa shape index (κ3) is 4.68. The average Bonchev–Trinajstić information content (AvgIpc) is 2.58. The summed E-state index contributed by atoms with van der Waals surface area (Å²) in [7, 11) is 0. The maximum absolute atomic E-state index is 11.9. The van der Waals surface area contributed by atoms with Crippen molar-refractivity contribution in [1.82, 2.24) is 5.32 Å². The summed E-state index contributed by atoms with van der Waals surface area (Å²) in [5.74, 6) is -1.76. The molecule has 2 N–H and O–H groups in total. The lowest BCUT2D eigenvalue weighted by atomic mass is 9.79. The molecule has 8 nitrogen and oxygen atoms in total. The lowest BCUT2D eigenvalue weighted by Crippen LogP contribution is -2.38. The summed E-state index contributed by atoms with van der Waals surface area (Å²) in [6.07, 6.45) is 3.24. The lowest BCUT2D eigenvalue weighted by molar-refractivity contribution is -0.385. The Morgan fingerprint density at radius 1 is 1.29 bits per heavy atom. The molecule has 2 atom stereocenters. The van der Waals surface area contributed by atoms with Crippen molar-refractivity contribution in [2.24, 2.45) is 11.8 Å². The first-order valence-corrected chi connectivity index (χ1v) is 7.84. The van der Waals surface area contributed by atoms with E-state index in [9.17, 15) is 24.8 Å². The molecule has 0 saturated heterocycles. The van der Waals surface area contributed by atoms with Gasteiger partial charge in [0.05, 0.1) is 10.8 Å². The number of carboxylic acids is 1. The molecule has 1 aliphatic rings. The molecule has 0 radical (unpaired) electrons. The van der Waals surface area contributed by atoms with Crippen LogP contribution in [0.3, 0.4) is 0 Å². The van der Waals surface area contributed by atoms with Crippen molar-refractivity contribution in [2.75, 3.05) is 13.2 Å². The second kappa shape index (κ2) is 8.28. The Hall–Kier alpha value is -2.64. The maximum atomic E-state index is 11.9. The number of carbonyl (C=O) groups excluding carboxylic acids is 1. The van der Waals surface area contributed by atoms with Crippen molar-refractivity contribution >= 4 is 17.6 Å². The van der Waals surface area contributed by atoms with E-state index >= 15 is 0 Å². The SMILES string of the molecule is O=C(COc1ccccc1[N+](=O)[O-])NC[C@@H]1CCCC[C@@H]1C(=O)O. The summed E-state index contributed by atoms with van der Waals surface area (Å²) in [6.45, 7) is -0.0780. The monoisotopic (exact) mass is 336 g/mol. The Morgan fingerprint density at radius 2 is 2.00 bits per heavy atom. The van der Waals surface area contributed by atoms with E-state index in [0.29, 0.717) is 6.42 Å². The average molecular weight is 336 g/mol. The minimum Gasteiger partial charge on any atom is -0.481 e. The summed E-state index contributed by atoms with van der Waals surface area (Å²) in [4.78, 5) is 33.4. The Morgan fingerprint density at radius 3 is 2.71 bits per heavy atom. The summed E-state index contributed by atoms with van der Waals surface area (Å²) in [5.41, 5.74) is -0.205. The van der Waals surface area contributed by atoms with Crippen LogP contribution in [0, 0.1) is 22.0 Å². The molecule has 24 heavy (non-hydrogen) atoms. The van der Waals surface area contributed by atoms with Gasteiger partial charge in [0.1, 0.15) is 0 Å². The van der Waals surface area contributed by atoms with E-state index in [1.165, 1.54) is 18.2 Å². The van der Waals surface area contributed by atoms with Gasteiger partial charge >= 0.3 is 11.7 Å². The lowest BCUT2D eigenvalue weighted by Gasteiger charge is -2.28. The van der Waals surface area contributed by atoms with E-state index in [1.54, 1.807) is 6.07 Å². The molecular formula is C16H20N2O6. The molecule has 0 heterocycles. The van der Waals surface area contributed by atoms with Gasteiger partial charge in [0.15, 0.2) is 12.4 Å². The standard InChI is InChI=1S/C16H20N2O6/c19-15(10-24-14-8-4-3-7-13(14)18(22)23)17-9-11-5-1-2-6-12(11)16(20)21/h3-4,7-8,11-12H,1-2,5-6,9-10H2,(H,17,19)(H,20,21)/t11-,12-/m0/s1. The highest BCUT2D eigenvalue weighted by atomic mass is 16.6. The van der Waals surface area contributed by atoms with E-state index in [4.69, 9.17) is 4.74 Å². The van der Waals surface area contributed by atoms with Crippen molar-refractivity contribution < 1.29 is 24.4 Å². The molecule has 0 aliphatic heterocycles. The van der Waals surface area contributed by atoms with Crippen molar-refractivity contribution in [3.8, 4) is 5.75 Å². The van der Waals surface area contributed by atoms with Gasteiger partial charge in [0.25, 0.3) is 5.91 Å².